The Balaban J connectivity index is 2.00. The minimum atomic E-state index is -0.604. The summed E-state index contributed by atoms with van der Waals surface area (Å²) < 4.78 is 0.817. The van der Waals surface area contributed by atoms with Crippen LogP contribution in [0.4, 0.5) is 0 Å². The summed E-state index contributed by atoms with van der Waals surface area (Å²) in [6, 6.07) is 10.2. The number of nitrogens with zero attached hydrogens (tertiary/aromatic N) is 1. The van der Waals surface area contributed by atoms with E-state index in [0.29, 0.717) is 12.1 Å². The molecular weight excluding hydrogens is 370 g/mol. The van der Waals surface area contributed by atoms with Crippen molar-refractivity contribution in [1.82, 2.24) is 15.6 Å². The number of halogens is 1. The lowest BCUT2D eigenvalue weighted by Gasteiger charge is -2.22. The molecule has 1 aromatic heterocycles. The molecule has 0 saturated carbocycles. The van der Waals surface area contributed by atoms with Crippen LogP contribution < -0.4 is 10.6 Å². The number of hydrogen-bond donors (Lipinski definition) is 2. The molecule has 126 valence electrons. The van der Waals surface area contributed by atoms with Gasteiger partial charge in [0.25, 0.3) is 5.91 Å². The van der Waals surface area contributed by atoms with Crippen molar-refractivity contribution >= 4 is 27.7 Å². The first-order chi connectivity index (χ1) is 11.5. The first-order valence-corrected chi connectivity index (χ1v) is 8.49. The molecule has 0 radical (unpaired) electrons. The zero-order valence-electron chi connectivity index (χ0n) is 13.6. The van der Waals surface area contributed by atoms with E-state index in [1.807, 2.05) is 32.0 Å². The smallest absolute Gasteiger partial charge is 0.251 e. The van der Waals surface area contributed by atoms with E-state index in [-0.39, 0.29) is 17.7 Å². The molecule has 24 heavy (non-hydrogen) atoms. The second-order valence-electron chi connectivity index (χ2n) is 5.78. The number of benzene rings is 1. The maximum absolute atomic E-state index is 12.4. The van der Waals surface area contributed by atoms with E-state index in [4.69, 9.17) is 0 Å². The Bertz CT molecular complexity index is 704. The summed E-state index contributed by atoms with van der Waals surface area (Å²) in [5.74, 6) is -0.515. The highest BCUT2D eigenvalue weighted by molar-refractivity contribution is 9.10. The van der Waals surface area contributed by atoms with Gasteiger partial charge in [0, 0.05) is 29.0 Å². The highest BCUT2D eigenvalue weighted by atomic mass is 79.9. The van der Waals surface area contributed by atoms with Crippen molar-refractivity contribution in [3.05, 3.63) is 64.4 Å². The van der Waals surface area contributed by atoms with Gasteiger partial charge < -0.3 is 10.6 Å². The fourth-order valence-electron chi connectivity index (χ4n) is 2.19. The quantitative estimate of drug-likeness (QED) is 0.797. The fraction of sp³-hybridized carbons (Fsp3) is 0.278. The van der Waals surface area contributed by atoms with Crippen molar-refractivity contribution in [3.63, 3.8) is 0 Å². The van der Waals surface area contributed by atoms with Gasteiger partial charge in [0.05, 0.1) is 0 Å². The fourth-order valence-corrected chi connectivity index (χ4v) is 2.59. The second kappa shape index (κ2) is 8.59. The molecule has 0 unspecified atom stereocenters. The third kappa shape index (κ3) is 5.16. The third-order valence-electron chi connectivity index (χ3n) is 3.51. The number of carbonyl (C=O) groups is 2. The summed E-state index contributed by atoms with van der Waals surface area (Å²) in [5.41, 5.74) is 1.42. The van der Waals surface area contributed by atoms with Crippen LogP contribution in [0.3, 0.4) is 0 Å². The Kier molecular flexibility index (Phi) is 6.49. The van der Waals surface area contributed by atoms with Crippen molar-refractivity contribution in [2.75, 3.05) is 0 Å². The average molecular weight is 390 g/mol. The number of carbonyl (C=O) groups excluding carboxylic acids is 2. The first-order valence-electron chi connectivity index (χ1n) is 7.70. The largest absolute Gasteiger partial charge is 0.350 e. The molecular formula is C18H20BrN3O2. The molecule has 0 aliphatic rings. The van der Waals surface area contributed by atoms with Crippen molar-refractivity contribution in [1.29, 1.82) is 0 Å². The maximum Gasteiger partial charge on any atom is 0.251 e. The Morgan fingerprint density at radius 3 is 2.62 bits per heavy atom. The van der Waals surface area contributed by atoms with Crippen LogP contribution in [0.2, 0.25) is 0 Å². The number of rotatable bonds is 6. The first kappa shape index (κ1) is 18.1. The van der Waals surface area contributed by atoms with Crippen LogP contribution >= 0.6 is 15.9 Å². The number of hydrogen-bond acceptors (Lipinski definition) is 3. The van der Waals surface area contributed by atoms with Crippen LogP contribution in [0.5, 0.6) is 0 Å². The molecule has 5 nitrogen and oxygen atoms in total. The van der Waals surface area contributed by atoms with Crippen LogP contribution in [0.25, 0.3) is 0 Å². The van der Waals surface area contributed by atoms with E-state index in [9.17, 15) is 9.59 Å². The number of aromatic nitrogens is 1. The van der Waals surface area contributed by atoms with Gasteiger partial charge in [0.1, 0.15) is 6.04 Å². The molecule has 1 heterocycles. The summed E-state index contributed by atoms with van der Waals surface area (Å²) in [6.45, 7) is 4.17. The van der Waals surface area contributed by atoms with Crippen molar-refractivity contribution in [3.8, 4) is 0 Å². The van der Waals surface area contributed by atoms with Gasteiger partial charge in [-0.2, -0.15) is 0 Å². The molecule has 0 aliphatic heterocycles. The van der Waals surface area contributed by atoms with E-state index in [1.165, 1.54) is 0 Å². The third-order valence-corrected chi connectivity index (χ3v) is 4.01. The van der Waals surface area contributed by atoms with E-state index in [0.717, 1.165) is 10.0 Å². The SMILES string of the molecule is CC(C)[C@@H](NC(=O)c1cccc(Br)c1)C(=O)NCc1cccnc1. The molecule has 0 aliphatic carbocycles. The molecule has 2 rings (SSSR count). The Hall–Kier alpha value is -2.21. The summed E-state index contributed by atoms with van der Waals surface area (Å²) in [5, 5.41) is 5.65. The monoisotopic (exact) mass is 389 g/mol. The molecule has 2 amide bonds. The Morgan fingerprint density at radius 2 is 2.00 bits per heavy atom. The van der Waals surface area contributed by atoms with Crippen LogP contribution in [0.1, 0.15) is 29.8 Å². The van der Waals surface area contributed by atoms with Gasteiger partial charge in [0.15, 0.2) is 0 Å². The van der Waals surface area contributed by atoms with Gasteiger partial charge in [-0.25, -0.2) is 0 Å². The number of pyridine rings is 1. The molecule has 0 fully saturated rings. The van der Waals surface area contributed by atoms with E-state index >= 15 is 0 Å². The topological polar surface area (TPSA) is 71.1 Å². The molecule has 0 saturated heterocycles. The van der Waals surface area contributed by atoms with E-state index < -0.39 is 6.04 Å². The van der Waals surface area contributed by atoms with Gasteiger partial charge >= 0.3 is 0 Å². The lowest BCUT2D eigenvalue weighted by molar-refractivity contribution is -0.124. The summed E-state index contributed by atoms with van der Waals surface area (Å²) in [6.07, 6.45) is 3.38. The van der Waals surface area contributed by atoms with Crippen molar-refractivity contribution in [2.24, 2.45) is 5.92 Å². The van der Waals surface area contributed by atoms with Gasteiger partial charge in [-0.3, -0.25) is 14.6 Å². The molecule has 0 bridgehead atoms. The summed E-state index contributed by atoms with van der Waals surface area (Å²) in [7, 11) is 0. The molecule has 2 aromatic rings. The summed E-state index contributed by atoms with van der Waals surface area (Å²) >= 11 is 3.34. The van der Waals surface area contributed by atoms with Crippen LogP contribution in [-0.2, 0) is 11.3 Å². The normalized spacial score (nSPS) is 11.8. The lowest BCUT2D eigenvalue weighted by Crippen LogP contribution is -2.49. The van der Waals surface area contributed by atoms with E-state index in [2.05, 4.69) is 31.5 Å². The zero-order valence-corrected chi connectivity index (χ0v) is 15.2. The number of nitrogens with one attached hydrogen (secondary N) is 2. The highest BCUT2D eigenvalue weighted by Crippen LogP contribution is 2.12. The number of amides is 2. The predicted octanol–water partition coefficient (Wildman–Crippen LogP) is 2.91. The average Bonchev–Trinajstić information content (AvgIpc) is 2.58. The zero-order chi connectivity index (χ0) is 17.5. The molecule has 2 N–H and O–H groups in total. The van der Waals surface area contributed by atoms with Crippen LogP contribution in [-0.4, -0.2) is 22.8 Å². The maximum atomic E-state index is 12.4. The molecule has 6 heteroatoms. The standard InChI is InChI=1S/C18H20BrN3O2/c1-12(2)16(18(24)21-11-13-5-4-8-20-10-13)22-17(23)14-6-3-7-15(19)9-14/h3-10,12,16H,11H2,1-2H3,(H,21,24)(H,22,23)/t16-/m1/s1. The lowest BCUT2D eigenvalue weighted by atomic mass is 10.0. The predicted molar refractivity (Wildman–Crippen MR) is 96.3 cm³/mol. The van der Waals surface area contributed by atoms with Crippen LogP contribution in [0.15, 0.2) is 53.3 Å². The Labute approximate surface area is 150 Å². The summed E-state index contributed by atoms with van der Waals surface area (Å²) in [4.78, 5) is 28.8. The van der Waals surface area contributed by atoms with Gasteiger partial charge in [-0.05, 0) is 35.7 Å². The van der Waals surface area contributed by atoms with Gasteiger partial charge in [0.2, 0.25) is 5.91 Å². The van der Waals surface area contributed by atoms with Crippen molar-refractivity contribution in [2.45, 2.75) is 26.4 Å². The molecule has 1 atom stereocenters. The van der Waals surface area contributed by atoms with Crippen molar-refractivity contribution < 1.29 is 9.59 Å². The van der Waals surface area contributed by atoms with Crippen LogP contribution in [0, 0.1) is 5.92 Å². The minimum absolute atomic E-state index is 0.0324. The van der Waals surface area contributed by atoms with Gasteiger partial charge in [-0.1, -0.05) is 41.9 Å². The van der Waals surface area contributed by atoms with Gasteiger partial charge in [-0.15, -0.1) is 0 Å². The molecule has 1 aromatic carbocycles. The highest BCUT2D eigenvalue weighted by Gasteiger charge is 2.24. The molecule has 0 spiro atoms. The minimum Gasteiger partial charge on any atom is -0.350 e. The Morgan fingerprint density at radius 1 is 1.21 bits per heavy atom. The van der Waals surface area contributed by atoms with E-state index in [1.54, 1.807) is 30.6 Å². The second-order valence-corrected chi connectivity index (χ2v) is 6.70.